The zero-order chi connectivity index (χ0) is 15.6. The van der Waals surface area contributed by atoms with E-state index < -0.39 is 0 Å². The van der Waals surface area contributed by atoms with Crippen LogP contribution in [0.4, 0.5) is 0 Å². The van der Waals surface area contributed by atoms with E-state index in [0.717, 1.165) is 4.47 Å². The maximum Gasteiger partial charge on any atom is 0.214 e. The fourth-order valence-electron chi connectivity index (χ4n) is 2.05. The summed E-state index contributed by atoms with van der Waals surface area (Å²) in [7, 11) is 3.11. The Balaban J connectivity index is 2.49. The van der Waals surface area contributed by atoms with E-state index in [1.165, 1.54) is 7.11 Å². The summed E-state index contributed by atoms with van der Waals surface area (Å²) in [5.41, 5.74) is 0.993. The molecule has 0 aliphatic rings. The van der Waals surface area contributed by atoms with Crippen LogP contribution in [0.1, 0.15) is 35.9 Å². The number of ketones is 1. The summed E-state index contributed by atoms with van der Waals surface area (Å²) >= 11 is 3.39. The van der Waals surface area contributed by atoms with Crippen molar-refractivity contribution >= 4 is 21.7 Å². The molecule has 5 nitrogen and oxygen atoms in total. The molecule has 1 heterocycles. The van der Waals surface area contributed by atoms with E-state index in [4.69, 9.17) is 9.47 Å². The van der Waals surface area contributed by atoms with Crippen molar-refractivity contribution in [3.8, 4) is 11.5 Å². The normalized spacial score (nSPS) is 10.8. The van der Waals surface area contributed by atoms with Crippen molar-refractivity contribution in [1.29, 1.82) is 0 Å². The van der Waals surface area contributed by atoms with Crippen molar-refractivity contribution in [2.24, 2.45) is 0 Å². The summed E-state index contributed by atoms with van der Waals surface area (Å²) in [5, 5.41) is 4.22. The molecule has 0 aliphatic heterocycles. The topological polar surface area (TPSA) is 53.4 Å². The molecule has 0 fully saturated rings. The van der Waals surface area contributed by atoms with E-state index in [1.807, 2.05) is 13.8 Å². The number of hydrogen-bond acceptors (Lipinski definition) is 4. The van der Waals surface area contributed by atoms with E-state index in [9.17, 15) is 4.79 Å². The third-order valence-corrected chi connectivity index (χ3v) is 3.72. The van der Waals surface area contributed by atoms with Crippen LogP contribution < -0.4 is 9.47 Å². The average molecular weight is 353 g/mol. The van der Waals surface area contributed by atoms with Gasteiger partial charge < -0.3 is 9.47 Å². The van der Waals surface area contributed by atoms with Gasteiger partial charge in [0.25, 0.3) is 0 Å². The smallest absolute Gasteiger partial charge is 0.214 e. The Labute approximate surface area is 132 Å². The van der Waals surface area contributed by atoms with Crippen LogP contribution in [-0.4, -0.2) is 29.8 Å². The first kappa shape index (κ1) is 15.6. The Kier molecular flexibility index (Phi) is 4.67. The van der Waals surface area contributed by atoms with E-state index >= 15 is 0 Å². The van der Waals surface area contributed by atoms with Crippen LogP contribution in [0.5, 0.6) is 11.5 Å². The van der Waals surface area contributed by atoms with Crippen LogP contribution in [0.25, 0.3) is 0 Å². The first-order chi connectivity index (χ1) is 9.99. The van der Waals surface area contributed by atoms with Gasteiger partial charge in [0.15, 0.2) is 11.4 Å². The Morgan fingerprint density at radius 3 is 2.43 bits per heavy atom. The lowest BCUT2D eigenvalue weighted by Gasteiger charge is -2.12. The second-order valence-electron chi connectivity index (χ2n) is 4.78. The Bertz CT molecular complexity index is 665. The van der Waals surface area contributed by atoms with Crippen molar-refractivity contribution < 1.29 is 14.3 Å². The number of nitrogens with zero attached hydrogens (tertiary/aromatic N) is 2. The number of ether oxygens (including phenoxy) is 2. The van der Waals surface area contributed by atoms with Crippen LogP contribution in [0, 0.1) is 0 Å². The lowest BCUT2D eigenvalue weighted by atomic mass is 10.1. The number of carbonyl (C=O) groups is 1. The largest absolute Gasteiger partial charge is 0.496 e. The summed E-state index contributed by atoms with van der Waals surface area (Å²) in [6, 6.07) is 5.27. The van der Waals surface area contributed by atoms with Crippen LogP contribution >= 0.6 is 15.9 Å². The molecule has 112 valence electrons. The minimum Gasteiger partial charge on any atom is -0.496 e. The molecule has 21 heavy (non-hydrogen) atoms. The molecular formula is C15H17BrN2O3. The molecule has 2 aromatic rings. The molecule has 0 atom stereocenters. The lowest BCUT2D eigenvalue weighted by molar-refractivity contribution is 0.102. The third-order valence-electron chi connectivity index (χ3n) is 3.10. The molecule has 1 aromatic carbocycles. The number of benzene rings is 1. The van der Waals surface area contributed by atoms with Gasteiger partial charge >= 0.3 is 0 Å². The van der Waals surface area contributed by atoms with Gasteiger partial charge in [0.1, 0.15) is 5.75 Å². The number of aromatic nitrogens is 2. The zero-order valence-corrected chi connectivity index (χ0v) is 14.0. The van der Waals surface area contributed by atoms with Crippen molar-refractivity contribution in [2.75, 3.05) is 14.2 Å². The molecule has 0 bridgehead atoms. The van der Waals surface area contributed by atoms with Crippen molar-refractivity contribution in [2.45, 2.75) is 19.9 Å². The fraction of sp³-hybridized carbons (Fsp3) is 0.333. The van der Waals surface area contributed by atoms with Gasteiger partial charge in [0, 0.05) is 11.6 Å². The number of halogens is 1. The molecule has 2 rings (SSSR count). The summed E-state index contributed by atoms with van der Waals surface area (Å²) in [6.45, 7) is 3.93. The van der Waals surface area contributed by atoms with Gasteiger partial charge in [-0.1, -0.05) is 0 Å². The van der Waals surface area contributed by atoms with Gasteiger partial charge in [-0.05, 0) is 48.0 Å². The van der Waals surface area contributed by atoms with Gasteiger partial charge in [0.05, 0.1) is 24.9 Å². The number of methoxy groups -OCH3 is 2. The van der Waals surface area contributed by atoms with Crippen LogP contribution in [0.15, 0.2) is 28.9 Å². The third kappa shape index (κ3) is 2.95. The predicted octanol–water partition coefficient (Wildman–Crippen LogP) is 3.47. The molecule has 0 unspecified atom stereocenters. The summed E-state index contributed by atoms with van der Waals surface area (Å²) in [6.07, 6.45) is 1.56. The summed E-state index contributed by atoms with van der Waals surface area (Å²) in [5.74, 6) is 1.01. The van der Waals surface area contributed by atoms with Gasteiger partial charge in [-0.25, -0.2) is 0 Å². The van der Waals surface area contributed by atoms with Crippen molar-refractivity contribution in [1.82, 2.24) is 9.78 Å². The molecule has 0 amide bonds. The molecule has 0 spiro atoms. The molecule has 0 saturated heterocycles. The SMILES string of the molecule is COc1ccc(C(=O)c2c(OC)cnn2C(C)C)cc1Br. The first-order valence-electron chi connectivity index (χ1n) is 6.49. The predicted molar refractivity (Wildman–Crippen MR) is 83.3 cm³/mol. The minimum atomic E-state index is -0.138. The van der Waals surface area contributed by atoms with Gasteiger partial charge in [0.2, 0.25) is 5.78 Å². The van der Waals surface area contributed by atoms with Gasteiger partial charge in [-0.2, -0.15) is 5.10 Å². The highest BCUT2D eigenvalue weighted by molar-refractivity contribution is 9.10. The molecule has 0 aliphatic carbocycles. The molecule has 6 heteroatoms. The number of hydrogen-bond donors (Lipinski definition) is 0. The van der Waals surface area contributed by atoms with Crippen LogP contribution in [0.3, 0.4) is 0 Å². The monoisotopic (exact) mass is 352 g/mol. The first-order valence-corrected chi connectivity index (χ1v) is 7.28. The number of rotatable bonds is 5. The Morgan fingerprint density at radius 2 is 1.90 bits per heavy atom. The zero-order valence-electron chi connectivity index (χ0n) is 12.4. The molecule has 0 radical (unpaired) electrons. The highest BCUT2D eigenvalue weighted by atomic mass is 79.9. The molecule has 1 aromatic heterocycles. The Morgan fingerprint density at radius 1 is 1.24 bits per heavy atom. The highest BCUT2D eigenvalue weighted by Crippen LogP contribution is 2.29. The number of carbonyl (C=O) groups excluding carboxylic acids is 1. The lowest BCUT2D eigenvalue weighted by Crippen LogP contribution is -2.14. The maximum absolute atomic E-state index is 12.8. The quantitative estimate of drug-likeness (QED) is 0.773. The second-order valence-corrected chi connectivity index (χ2v) is 5.63. The minimum absolute atomic E-state index is 0.0644. The second kappa shape index (κ2) is 6.30. The fourth-order valence-corrected chi connectivity index (χ4v) is 2.59. The van der Waals surface area contributed by atoms with Crippen LogP contribution in [-0.2, 0) is 0 Å². The van der Waals surface area contributed by atoms with Crippen molar-refractivity contribution in [3.05, 3.63) is 40.1 Å². The van der Waals surface area contributed by atoms with E-state index in [-0.39, 0.29) is 11.8 Å². The highest BCUT2D eigenvalue weighted by Gasteiger charge is 2.23. The van der Waals surface area contributed by atoms with Crippen LogP contribution in [0.2, 0.25) is 0 Å². The summed E-state index contributed by atoms with van der Waals surface area (Å²) < 4.78 is 12.8. The van der Waals surface area contributed by atoms with E-state index in [1.54, 1.807) is 36.2 Å². The maximum atomic E-state index is 12.8. The van der Waals surface area contributed by atoms with E-state index in [0.29, 0.717) is 22.8 Å². The van der Waals surface area contributed by atoms with E-state index in [2.05, 4.69) is 21.0 Å². The van der Waals surface area contributed by atoms with Gasteiger partial charge in [-0.15, -0.1) is 0 Å². The standard InChI is InChI=1S/C15H17BrN2O3/c1-9(2)18-14(13(21-4)8-17-18)15(19)10-5-6-12(20-3)11(16)7-10/h5-9H,1-4H3. The molecule has 0 N–H and O–H groups in total. The van der Waals surface area contributed by atoms with Crippen molar-refractivity contribution in [3.63, 3.8) is 0 Å². The Hall–Kier alpha value is -1.82. The summed E-state index contributed by atoms with van der Waals surface area (Å²) in [4.78, 5) is 12.8. The molecular weight excluding hydrogens is 336 g/mol. The molecule has 0 saturated carbocycles. The average Bonchev–Trinajstić information content (AvgIpc) is 2.90. The van der Waals surface area contributed by atoms with Gasteiger partial charge in [-0.3, -0.25) is 9.48 Å².